The Morgan fingerprint density at radius 2 is 1.94 bits per heavy atom. The van der Waals surface area contributed by atoms with Gasteiger partial charge < -0.3 is 19.9 Å². The molecule has 3 atom stereocenters. The third-order valence-electron chi connectivity index (χ3n) is 7.27. The average molecular weight is 531 g/mol. The molecule has 5 rings (SSSR count). The van der Waals surface area contributed by atoms with Crippen molar-refractivity contribution in [3.05, 3.63) is 28.8 Å². The topological polar surface area (TPSA) is 40.1 Å². The summed E-state index contributed by atoms with van der Waals surface area (Å²) in [6.07, 6.45) is -4.40. The zero-order valence-electron chi connectivity index (χ0n) is 20.6. The molecule has 1 aromatic carbocycles. The van der Waals surface area contributed by atoms with Gasteiger partial charge in [0.25, 0.3) is 5.92 Å². The normalized spacial score (nSPS) is 27.9. The molecule has 1 saturated heterocycles. The second-order valence-electron chi connectivity index (χ2n) is 10.2. The molecule has 1 aromatic rings. The number of piperazine rings is 1. The van der Waals surface area contributed by atoms with Crippen molar-refractivity contribution in [1.82, 2.24) is 10.2 Å². The molecule has 3 aliphatic heterocycles. The number of hydrogen-bond acceptors (Lipinski definition) is 6. The molecule has 1 fully saturated rings. The van der Waals surface area contributed by atoms with Gasteiger partial charge in [-0.3, -0.25) is 0 Å². The van der Waals surface area contributed by atoms with Gasteiger partial charge in [0.2, 0.25) is 0 Å². The molecule has 0 aromatic heterocycles. The van der Waals surface area contributed by atoms with Gasteiger partial charge in [0.05, 0.1) is 23.9 Å². The summed E-state index contributed by atoms with van der Waals surface area (Å²) in [4.78, 5) is 9.43. The smallest absolute Gasteiger partial charge is 0.383 e. The number of ether oxygens (including phenoxy) is 1. The summed E-state index contributed by atoms with van der Waals surface area (Å²) < 4.78 is 76.9. The first-order chi connectivity index (χ1) is 17.0. The number of nitrogens with zero attached hydrogens (tertiary/aromatic N) is 3. The second kappa shape index (κ2) is 9.47. The maximum Gasteiger partial charge on any atom is 0.417 e. The highest BCUT2D eigenvalue weighted by molar-refractivity contribution is 7.99. The van der Waals surface area contributed by atoms with Gasteiger partial charge in [-0.25, -0.2) is 13.8 Å². The lowest BCUT2D eigenvalue weighted by molar-refractivity contribution is -0.137. The van der Waals surface area contributed by atoms with Crippen molar-refractivity contribution in [2.45, 2.75) is 68.2 Å². The van der Waals surface area contributed by atoms with Gasteiger partial charge in [0, 0.05) is 66.9 Å². The van der Waals surface area contributed by atoms with Crippen molar-refractivity contribution in [3.8, 4) is 0 Å². The summed E-state index contributed by atoms with van der Waals surface area (Å²) in [5, 5.41) is 3.46. The van der Waals surface area contributed by atoms with E-state index in [2.05, 4.69) is 10.2 Å². The van der Waals surface area contributed by atoms with Crippen molar-refractivity contribution >= 4 is 28.9 Å². The fourth-order valence-electron chi connectivity index (χ4n) is 5.77. The Kier molecular flexibility index (Phi) is 6.78. The highest BCUT2D eigenvalue weighted by atomic mass is 32.2. The third kappa shape index (κ3) is 4.74. The molecule has 5 nitrogen and oxygen atoms in total. The van der Waals surface area contributed by atoms with Crippen LogP contribution >= 0.6 is 11.8 Å². The Morgan fingerprint density at radius 3 is 2.56 bits per heavy atom. The van der Waals surface area contributed by atoms with Crippen LogP contribution in [-0.4, -0.2) is 74.0 Å². The maximum atomic E-state index is 14.6. The van der Waals surface area contributed by atoms with Gasteiger partial charge in [0.1, 0.15) is 12.5 Å². The first-order valence-corrected chi connectivity index (χ1v) is 13.3. The van der Waals surface area contributed by atoms with E-state index in [1.165, 1.54) is 23.9 Å². The molecule has 0 saturated carbocycles. The molecule has 11 heteroatoms. The Balaban J connectivity index is 1.70. The lowest BCUT2D eigenvalue weighted by atomic mass is 9.86. The van der Waals surface area contributed by atoms with E-state index >= 15 is 0 Å². The summed E-state index contributed by atoms with van der Waals surface area (Å²) in [7, 11) is 1.61. The van der Waals surface area contributed by atoms with Crippen molar-refractivity contribution in [3.63, 3.8) is 0 Å². The summed E-state index contributed by atoms with van der Waals surface area (Å²) in [6, 6.07) is 1.49. The van der Waals surface area contributed by atoms with E-state index in [-0.39, 0.29) is 30.1 Å². The Morgan fingerprint density at radius 1 is 1.22 bits per heavy atom. The van der Waals surface area contributed by atoms with E-state index in [9.17, 15) is 22.0 Å². The van der Waals surface area contributed by atoms with Gasteiger partial charge in [-0.15, -0.1) is 11.8 Å². The fourth-order valence-corrected chi connectivity index (χ4v) is 7.16. The van der Waals surface area contributed by atoms with Crippen molar-refractivity contribution < 1.29 is 26.7 Å². The van der Waals surface area contributed by atoms with Crippen LogP contribution in [-0.2, 0) is 10.9 Å². The lowest BCUT2D eigenvalue weighted by Crippen LogP contribution is -2.57. The standard InChI is InChI=1S/C25H31F5N4OS/c1-14-9-33(10-15(2)32-14)23-18-8-19(25(28,29)30)20(16-4-6-24(26,27)7-5-16)22-21(18)34(13-31-23)17(11-35-3)12-36-22/h4,8,14-15,17,32H,5-7,9-13H2,1-3H3/t14-,15+,17-/m0/s1. The van der Waals surface area contributed by atoms with Crippen LogP contribution in [0.15, 0.2) is 22.0 Å². The zero-order valence-corrected chi connectivity index (χ0v) is 21.4. The highest BCUT2D eigenvalue weighted by Crippen LogP contribution is 2.52. The van der Waals surface area contributed by atoms with Gasteiger partial charge in [-0.2, -0.15) is 13.2 Å². The lowest BCUT2D eigenvalue weighted by Gasteiger charge is -2.45. The molecule has 1 N–H and O–H groups in total. The summed E-state index contributed by atoms with van der Waals surface area (Å²) in [5.74, 6) is -1.78. The fraction of sp³-hybridized carbons (Fsp3) is 0.640. The minimum atomic E-state index is -4.64. The van der Waals surface area contributed by atoms with Crippen molar-refractivity contribution in [1.29, 1.82) is 0 Å². The molecule has 0 bridgehead atoms. The van der Waals surface area contributed by atoms with Crippen LogP contribution in [0.4, 0.5) is 27.6 Å². The number of benzene rings is 1. The number of halogens is 5. The van der Waals surface area contributed by atoms with E-state index < -0.39 is 30.5 Å². The summed E-state index contributed by atoms with van der Waals surface area (Å²) in [5.41, 5.74) is 0.835. The van der Waals surface area contributed by atoms with Crippen LogP contribution in [0, 0.1) is 0 Å². The number of hydrogen-bond donors (Lipinski definition) is 1. The monoisotopic (exact) mass is 530 g/mol. The Hall–Kier alpha value is -1.85. The van der Waals surface area contributed by atoms with Crippen LogP contribution in [0.5, 0.6) is 0 Å². The number of alkyl halides is 5. The molecule has 0 unspecified atom stereocenters. The molecular weight excluding hydrogens is 499 g/mol. The largest absolute Gasteiger partial charge is 0.417 e. The quantitative estimate of drug-likeness (QED) is 0.542. The SMILES string of the molecule is COC[C@H]1CSc2c(C3=CCC(F)(F)CC3)c(C(F)(F)F)cc3c2N1CN=C3N1C[C@@H](C)N[C@@H](C)C1. The number of allylic oxidation sites excluding steroid dienone is 2. The second-order valence-corrected chi connectivity index (χ2v) is 11.2. The van der Waals surface area contributed by atoms with Crippen LogP contribution < -0.4 is 10.2 Å². The molecule has 0 radical (unpaired) electrons. The number of anilines is 1. The number of aliphatic imine (C=N–C) groups is 1. The van der Waals surface area contributed by atoms with Gasteiger partial charge >= 0.3 is 6.18 Å². The molecule has 0 amide bonds. The number of amidine groups is 1. The third-order valence-corrected chi connectivity index (χ3v) is 8.50. The number of nitrogens with one attached hydrogen (secondary N) is 1. The number of methoxy groups -OCH3 is 1. The first kappa shape index (κ1) is 25.8. The van der Waals surface area contributed by atoms with Gasteiger partial charge in [-0.05, 0) is 31.9 Å². The van der Waals surface area contributed by atoms with E-state index in [0.717, 1.165) is 5.69 Å². The maximum absolute atomic E-state index is 14.6. The molecule has 1 aliphatic carbocycles. The number of thioether (sulfide) groups is 1. The minimum absolute atomic E-state index is 0.0494. The van der Waals surface area contributed by atoms with Crippen LogP contribution in [0.3, 0.4) is 0 Å². The molecule has 4 aliphatic rings. The Bertz CT molecular complexity index is 1080. The van der Waals surface area contributed by atoms with E-state index in [0.29, 0.717) is 54.0 Å². The predicted molar refractivity (Wildman–Crippen MR) is 132 cm³/mol. The van der Waals surface area contributed by atoms with Crippen LogP contribution in [0.1, 0.15) is 49.8 Å². The van der Waals surface area contributed by atoms with Crippen molar-refractivity contribution in [2.75, 3.05) is 44.1 Å². The molecule has 198 valence electrons. The molecule has 3 heterocycles. The van der Waals surface area contributed by atoms with Gasteiger partial charge in [-0.1, -0.05) is 6.08 Å². The van der Waals surface area contributed by atoms with Gasteiger partial charge in [0.15, 0.2) is 0 Å². The Labute approximate surface area is 212 Å². The summed E-state index contributed by atoms with van der Waals surface area (Å²) >= 11 is 1.37. The summed E-state index contributed by atoms with van der Waals surface area (Å²) in [6.45, 7) is 6.11. The molecule has 36 heavy (non-hydrogen) atoms. The van der Waals surface area contributed by atoms with Crippen LogP contribution in [0.25, 0.3) is 5.57 Å². The molecule has 0 spiro atoms. The van der Waals surface area contributed by atoms with E-state index in [4.69, 9.17) is 9.73 Å². The van der Waals surface area contributed by atoms with Crippen LogP contribution in [0.2, 0.25) is 0 Å². The highest BCUT2D eigenvalue weighted by Gasteiger charge is 2.44. The van der Waals surface area contributed by atoms with E-state index in [1.54, 1.807) is 7.11 Å². The molecular formula is C25H31F5N4OS. The van der Waals surface area contributed by atoms with E-state index in [1.807, 2.05) is 18.7 Å². The minimum Gasteiger partial charge on any atom is -0.383 e. The average Bonchev–Trinajstić information content (AvgIpc) is 2.79. The van der Waals surface area contributed by atoms with Crippen molar-refractivity contribution in [2.24, 2.45) is 4.99 Å². The number of rotatable bonds is 3. The predicted octanol–water partition coefficient (Wildman–Crippen LogP) is 5.24. The zero-order chi connectivity index (χ0) is 25.8. The first-order valence-electron chi connectivity index (χ1n) is 12.3.